The zero-order valence-electron chi connectivity index (χ0n) is 14.3. The molecular weight excluding hydrogens is 343 g/mol. The van der Waals surface area contributed by atoms with E-state index in [0.29, 0.717) is 25.2 Å². The van der Waals surface area contributed by atoms with Crippen LogP contribution in [0, 0.1) is 11.7 Å². The van der Waals surface area contributed by atoms with Crippen LogP contribution in [-0.2, 0) is 14.8 Å². The maximum atomic E-state index is 13.0. The predicted molar refractivity (Wildman–Crippen MR) is 92.2 cm³/mol. The molecule has 25 heavy (non-hydrogen) atoms. The van der Waals surface area contributed by atoms with Gasteiger partial charge in [-0.25, -0.2) is 12.8 Å². The minimum absolute atomic E-state index is 0.173. The molecule has 5 nitrogen and oxygen atoms in total. The number of hydrogen-bond acceptors (Lipinski definition) is 4. The molecule has 0 amide bonds. The highest BCUT2D eigenvalue weighted by Crippen LogP contribution is 2.34. The van der Waals surface area contributed by atoms with Crippen LogP contribution < -0.4 is 0 Å². The number of sulfonamides is 1. The second-order valence-electron chi connectivity index (χ2n) is 7.41. The Morgan fingerprint density at radius 3 is 2.28 bits per heavy atom. The number of nitrogens with zero attached hydrogens (tertiary/aromatic N) is 2. The normalized spacial score (nSPS) is 23.8. The fraction of sp³-hybridized carbons (Fsp3) is 0.667. The summed E-state index contributed by atoms with van der Waals surface area (Å²) in [4.78, 5) is 2.71. The summed E-state index contributed by atoms with van der Waals surface area (Å²) >= 11 is 0. The molecule has 7 heteroatoms. The molecule has 0 bridgehead atoms. The minimum Gasteiger partial charge on any atom is -0.381 e. The molecule has 0 N–H and O–H groups in total. The summed E-state index contributed by atoms with van der Waals surface area (Å²) in [6.07, 6.45) is 4.66. The summed E-state index contributed by atoms with van der Waals surface area (Å²) in [5, 5.41) is 0. The van der Waals surface area contributed by atoms with Gasteiger partial charge in [0.05, 0.1) is 4.90 Å². The van der Waals surface area contributed by atoms with E-state index >= 15 is 0 Å². The molecule has 2 heterocycles. The van der Waals surface area contributed by atoms with E-state index in [0.717, 1.165) is 38.5 Å². The zero-order chi connectivity index (χ0) is 17.4. The molecule has 1 saturated carbocycles. The van der Waals surface area contributed by atoms with Crippen molar-refractivity contribution in [3.05, 3.63) is 30.1 Å². The van der Waals surface area contributed by atoms with Crippen molar-refractivity contribution in [2.75, 3.05) is 32.8 Å². The van der Waals surface area contributed by atoms with Gasteiger partial charge in [0.15, 0.2) is 0 Å². The average Bonchev–Trinajstić information content (AvgIpc) is 3.38. The maximum absolute atomic E-state index is 13.0. The van der Waals surface area contributed by atoms with Crippen molar-refractivity contribution in [2.24, 2.45) is 5.92 Å². The molecule has 2 aliphatic heterocycles. The Hall–Kier alpha value is -1.02. The molecule has 1 aromatic carbocycles. The van der Waals surface area contributed by atoms with Gasteiger partial charge in [-0.05, 0) is 55.9 Å². The van der Waals surface area contributed by atoms with Crippen molar-refractivity contribution in [2.45, 2.75) is 42.7 Å². The van der Waals surface area contributed by atoms with Crippen molar-refractivity contribution >= 4 is 10.0 Å². The third-order valence-corrected chi connectivity index (χ3v) is 7.42. The Labute approximate surface area is 148 Å². The molecule has 3 fully saturated rings. The van der Waals surface area contributed by atoms with Crippen LogP contribution in [0.3, 0.4) is 0 Å². The largest absolute Gasteiger partial charge is 0.381 e. The van der Waals surface area contributed by atoms with E-state index < -0.39 is 15.8 Å². The molecule has 1 aromatic rings. The SMILES string of the molecule is O=S(=O)(c1ccc(F)cc1)N1CC(N(CC2CC2)C2CCOCC2)C1. The van der Waals surface area contributed by atoms with Crippen LogP contribution in [0.2, 0.25) is 0 Å². The molecule has 4 rings (SSSR count). The molecule has 0 atom stereocenters. The van der Waals surface area contributed by atoms with Gasteiger partial charge in [0.2, 0.25) is 10.0 Å². The first-order valence-electron chi connectivity index (χ1n) is 9.13. The highest BCUT2D eigenvalue weighted by atomic mass is 32.2. The Kier molecular flexibility index (Phi) is 4.83. The van der Waals surface area contributed by atoms with Gasteiger partial charge < -0.3 is 4.74 Å². The monoisotopic (exact) mass is 368 g/mol. The van der Waals surface area contributed by atoms with Crippen molar-refractivity contribution in [1.82, 2.24) is 9.21 Å². The third kappa shape index (κ3) is 3.74. The lowest BCUT2D eigenvalue weighted by molar-refractivity contribution is -0.0126. The van der Waals surface area contributed by atoms with Gasteiger partial charge in [-0.1, -0.05) is 0 Å². The summed E-state index contributed by atoms with van der Waals surface area (Å²) in [5.41, 5.74) is 0. The smallest absolute Gasteiger partial charge is 0.243 e. The van der Waals surface area contributed by atoms with Gasteiger partial charge in [0, 0.05) is 44.9 Å². The Morgan fingerprint density at radius 2 is 1.68 bits per heavy atom. The third-order valence-electron chi connectivity index (χ3n) is 5.57. The van der Waals surface area contributed by atoms with Crippen LogP contribution in [0.15, 0.2) is 29.2 Å². The van der Waals surface area contributed by atoms with Gasteiger partial charge in [-0.2, -0.15) is 4.31 Å². The first kappa shape index (κ1) is 17.4. The van der Waals surface area contributed by atoms with Gasteiger partial charge in [0.25, 0.3) is 0 Å². The lowest BCUT2D eigenvalue weighted by Gasteiger charge is -2.48. The number of rotatable bonds is 6. The summed E-state index contributed by atoms with van der Waals surface area (Å²) < 4.78 is 45.4. The van der Waals surface area contributed by atoms with Gasteiger partial charge >= 0.3 is 0 Å². The lowest BCUT2D eigenvalue weighted by atomic mass is 10.0. The summed E-state index contributed by atoms with van der Waals surface area (Å²) in [7, 11) is -3.51. The van der Waals surface area contributed by atoms with E-state index in [-0.39, 0.29) is 4.90 Å². The molecule has 0 aromatic heterocycles. The fourth-order valence-corrected chi connectivity index (χ4v) is 5.30. The van der Waals surface area contributed by atoms with Gasteiger partial charge in [-0.3, -0.25) is 4.90 Å². The van der Waals surface area contributed by atoms with Gasteiger partial charge in [-0.15, -0.1) is 0 Å². The Morgan fingerprint density at radius 1 is 1.04 bits per heavy atom. The van der Waals surface area contributed by atoms with Gasteiger partial charge in [0.1, 0.15) is 5.82 Å². The van der Waals surface area contributed by atoms with Crippen LogP contribution in [0.1, 0.15) is 25.7 Å². The molecular formula is C18H25FN2O3S. The van der Waals surface area contributed by atoms with Crippen LogP contribution in [0.5, 0.6) is 0 Å². The summed E-state index contributed by atoms with van der Waals surface area (Å²) in [5.74, 6) is 0.362. The molecule has 2 saturated heterocycles. The quantitative estimate of drug-likeness (QED) is 0.772. The zero-order valence-corrected chi connectivity index (χ0v) is 15.1. The standard InChI is InChI=1S/C18H25FN2O3S/c19-15-3-5-18(6-4-15)25(22,23)20-12-17(13-20)21(11-14-1-2-14)16-7-9-24-10-8-16/h3-6,14,16-17H,1-2,7-13H2. The maximum Gasteiger partial charge on any atom is 0.243 e. The first-order chi connectivity index (χ1) is 12.0. The van der Waals surface area contributed by atoms with Crippen molar-refractivity contribution in [1.29, 1.82) is 0 Å². The second kappa shape index (κ2) is 6.95. The van der Waals surface area contributed by atoms with Crippen LogP contribution in [-0.4, -0.2) is 62.6 Å². The van der Waals surface area contributed by atoms with E-state index in [1.165, 1.54) is 41.4 Å². The van der Waals surface area contributed by atoms with Crippen LogP contribution >= 0.6 is 0 Å². The Bertz CT molecular complexity index is 694. The number of benzene rings is 1. The van der Waals surface area contributed by atoms with E-state index in [4.69, 9.17) is 4.74 Å². The number of ether oxygens (including phenoxy) is 1. The molecule has 1 aliphatic carbocycles. The van der Waals surface area contributed by atoms with E-state index in [1.54, 1.807) is 0 Å². The first-order valence-corrected chi connectivity index (χ1v) is 10.6. The molecule has 138 valence electrons. The van der Waals surface area contributed by atoms with Crippen LogP contribution in [0.25, 0.3) is 0 Å². The van der Waals surface area contributed by atoms with Crippen molar-refractivity contribution in [3.63, 3.8) is 0 Å². The second-order valence-corrected chi connectivity index (χ2v) is 9.35. The van der Waals surface area contributed by atoms with Crippen molar-refractivity contribution in [3.8, 4) is 0 Å². The predicted octanol–water partition coefficient (Wildman–Crippen LogP) is 2.09. The number of halogens is 1. The van der Waals surface area contributed by atoms with Crippen molar-refractivity contribution < 1.29 is 17.5 Å². The Balaban J connectivity index is 1.42. The number of hydrogen-bond donors (Lipinski definition) is 0. The minimum atomic E-state index is -3.51. The lowest BCUT2D eigenvalue weighted by Crippen LogP contribution is -2.63. The highest BCUT2D eigenvalue weighted by molar-refractivity contribution is 7.89. The highest BCUT2D eigenvalue weighted by Gasteiger charge is 2.43. The molecule has 0 spiro atoms. The summed E-state index contributed by atoms with van der Waals surface area (Å²) in [6, 6.07) is 5.89. The van der Waals surface area contributed by atoms with E-state index in [1.807, 2.05) is 0 Å². The van der Waals surface area contributed by atoms with E-state index in [9.17, 15) is 12.8 Å². The molecule has 3 aliphatic rings. The fourth-order valence-electron chi connectivity index (χ4n) is 3.79. The summed E-state index contributed by atoms with van der Waals surface area (Å²) in [6.45, 7) is 3.75. The average molecular weight is 368 g/mol. The topological polar surface area (TPSA) is 49.9 Å². The van der Waals surface area contributed by atoms with E-state index in [2.05, 4.69) is 4.90 Å². The molecule has 0 unspecified atom stereocenters. The van der Waals surface area contributed by atoms with Crippen LogP contribution in [0.4, 0.5) is 4.39 Å². The molecule has 0 radical (unpaired) electrons.